The molecule has 0 saturated carbocycles. The number of nitrogens with zero attached hydrogens (tertiary/aromatic N) is 1. The van der Waals surface area contributed by atoms with Crippen molar-refractivity contribution >= 4 is 29.2 Å². The number of hydrogen-bond acceptors (Lipinski definition) is 6. The highest BCUT2D eigenvalue weighted by Gasteiger charge is 2.25. The van der Waals surface area contributed by atoms with Crippen LogP contribution in [0.5, 0.6) is 5.75 Å². The molecule has 0 fully saturated rings. The molecule has 0 aromatic heterocycles. The standard InChI is InChI=1S/C19H18N2O5/c1-12-3-8-16-15(9-12)21(11-18(23)26-16)10-17(22)20-14-6-4-13(5-7-14)19(24)25-2/h3-9H,10-11H2,1-2H3,(H,20,22). The normalized spacial score (nSPS) is 12.8. The lowest BCUT2D eigenvalue weighted by molar-refractivity contribution is -0.133. The van der Waals surface area contributed by atoms with Crippen LogP contribution in [0.15, 0.2) is 42.5 Å². The molecule has 0 bridgehead atoms. The molecule has 3 rings (SSSR count). The number of esters is 2. The van der Waals surface area contributed by atoms with Crippen LogP contribution in [0.2, 0.25) is 0 Å². The van der Waals surface area contributed by atoms with Gasteiger partial charge in [0.1, 0.15) is 6.54 Å². The number of amides is 1. The smallest absolute Gasteiger partial charge is 0.337 e. The molecular weight excluding hydrogens is 336 g/mol. The van der Waals surface area contributed by atoms with E-state index in [0.717, 1.165) is 5.56 Å². The van der Waals surface area contributed by atoms with Gasteiger partial charge in [0.15, 0.2) is 5.75 Å². The van der Waals surface area contributed by atoms with Crippen LogP contribution in [0.1, 0.15) is 15.9 Å². The van der Waals surface area contributed by atoms with Crippen LogP contribution in [0.25, 0.3) is 0 Å². The van der Waals surface area contributed by atoms with Gasteiger partial charge in [0, 0.05) is 5.69 Å². The summed E-state index contributed by atoms with van der Waals surface area (Å²) < 4.78 is 9.84. The van der Waals surface area contributed by atoms with Gasteiger partial charge in [0.25, 0.3) is 0 Å². The zero-order chi connectivity index (χ0) is 18.7. The van der Waals surface area contributed by atoms with E-state index in [1.807, 2.05) is 19.1 Å². The molecule has 0 atom stereocenters. The summed E-state index contributed by atoms with van der Waals surface area (Å²) in [5.41, 5.74) is 2.66. The van der Waals surface area contributed by atoms with Crippen molar-refractivity contribution in [3.63, 3.8) is 0 Å². The molecule has 26 heavy (non-hydrogen) atoms. The second-order valence-electron chi connectivity index (χ2n) is 5.92. The highest BCUT2D eigenvalue weighted by atomic mass is 16.5. The summed E-state index contributed by atoms with van der Waals surface area (Å²) in [7, 11) is 1.31. The van der Waals surface area contributed by atoms with Gasteiger partial charge in [-0.1, -0.05) is 6.07 Å². The molecule has 1 aliphatic rings. The number of hydrogen-bond donors (Lipinski definition) is 1. The van der Waals surface area contributed by atoms with Crippen molar-refractivity contribution in [1.82, 2.24) is 0 Å². The lowest BCUT2D eigenvalue weighted by Gasteiger charge is -2.29. The number of anilines is 2. The average molecular weight is 354 g/mol. The second-order valence-corrected chi connectivity index (χ2v) is 5.92. The lowest BCUT2D eigenvalue weighted by Crippen LogP contribution is -2.41. The first kappa shape index (κ1) is 17.5. The van der Waals surface area contributed by atoms with Crippen LogP contribution in [0.3, 0.4) is 0 Å². The van der Waals surface area contributed by atoms with Crippen molar-refractivity contribution in [3.8, 4) is 5.75 Å². The highest BCUT2D eigenvalue weighted by molar-refractivity contribution is 5.97. The molecule has 1 heterocycles. The third-order valence-electron chi connectivity index (χ3n) is 3.92. The Morgan fingerprint density at radius 2 is 1.92 bits per heavy atom. The molecule has 134 valence electrons. The number of benzene rings is 2. The fourth-order valence-electron chi connectivity index (χ4n) is 2.68. The van der Waals surface area contributed by atoms with E-state index in [1.165, 1.54) is 7.11 Å². The fourth-order valence-corrected chi connectivity index (χ4v) is 2.68. The minimum absolute atomic E-state index is 0.00427. The van der Waals surface area contributed by atoms with Crippen molar-refractivity contribution < 1.29 is 23.9 Å². The monoisotopic (exact) mass is 354 g/mol. The van der Waals surface area contributed by atoms with E-state index in [0.29, 0.717) is 22.7 Å². The van der Waals surface area contributed by atoms with Gasteiger partial charge in [-0.25, -0.2) is 9.59 Å². The Kier molecular flexibility index (Phi) is 4.88. The summed E-state index contributed by atoms with van der Waals surface area (Å²) in [5, 5.41) is 2.75. The largest absolute Gasteiger partial charge is 0.465 e. The van der Waals surface area contributed by atoms with Gasteiger partial charge >= 0.3 is 11.9 Å². The van der Waals surface area contributed by atoms with Crippen molar-refractivity contribution in [2.45, 2.75) is 6.92 Å². The van der Waals surface area contributed by atoms with E-state index in [1.54, 1.807) is 35.2 Å². The molecule has 7 nitrogen and oxygen atoms in total. The van der Waals surface area contributed by atoms with Gasteiger partial charge in [-0.05, 0) is 48.9 Å². The van der Waals surface area contributed by atoms with Gasteiger partial charge < -0.3 is 19.7 Å². The molecule has 0 aliphatic carbocycles. The molecule has 2 aromatic rings. The number of nitrogens with one attached hydrogen (secondary N) is 1. The summed E-state index contributed by atoms with van der Waals surface area (Å²) in [6.07, 6.45) is 0. The molecule has 1 amide bonds. The summed E-state index contributed by atoms with van der Waals surface area (Å²) >= 11 is 0. The lowest BCUT2D eigenvalue weighted by atomic mass is 10.1. The Balaban J connectivity index is 1.69. The molecule has 0 spiro atoms. The van der Waals surface area contributed by atoms with Crippen LogP contribution in [-0.2, 0) is 14.3 Å². The first-order chi connectivity index (χ1) is 12.5. The van der Waals surface area contributed by atoms with Gasteiger partial charge in [-0.3, -0.25) is 4.79 Å². The van der Waals surface area contributed by atoms with Crippen LogP contribution < -0.4 is 15.0 Å². The number of ether oxygens (including phenoxy) is 2. The molecular formula is C19H18N2O5. The van der Waals surface area contributed by atoms with E-state index in [9.17, 15) is 14.4 Å². The number of methoxy groups -OCH3 is 1. The summed E-state index contributed by atoms with van der Waals surface area (Å²) in [4.78, 5) is 37.2. The van der Waals surface area contributed by atoms with E-state index < -0.39 is 11.9 Å². The molecule has 7 heteroatoms. The van der Waals surface area contributed by atoms with Gasteiger partial charge in [0.2, 0.25) is 5.91 Å². The number of aryl methyl sites for hydroxylation is 1. The number of rotatable bonds is 4. The molecule has 1 N–H and O–H groups in total. The Labute approximate surface area is 150 Å². The second kappa shape index (κ2) is 7.26. The molecule has 0 radical (unpaired) electrons. The fraction of sp³-hybridized carbons (Fsp3) is 0.211. The Hall–Kier alpha value is -3.35. The maximum Gasteiger partial charge on any atom is 0.337 e. The van der Waals surface area contributed by atoms with Crippen LogP contribution in [-0.4, -0.2) is 38.0 Å². The molecule has 0 saturated heterocycles. The van der Waals surface area contributed by atoms with E-state index >= 15 is 0 Å². The Morgan fingerprint density at radius 1 is 1.19 bits per heavy atom. The number of carbonyl (C=O) groups is 3. The van der Waals surface area contributed by atoms with Crippen LogP contribution in [0.4, 0.5) is 11.4 Å². The Bertz CT molecular complexity index is 861. The highest BCUT2D eigenvalue weighted by Crippen LogP contribution is 2.32. The molecule has 1 aliphatic heterocycles. The van der Waals surface area contributed by atoms with Crippen LogP contribution >= 0.6 is 0 Å². The summed E-state index contributed by atoms with van der Waals surface area (Å²) in [6, 6.07) is 11.8. The van der Waals surface area contributed by atoms with Crippen LogP contribution in [0, 0.1) is 6.92 Å². The van der Waals surface area contributed by atoms with Crippen molar-refractivity contribution in [3.05, 3.63) is 53.6 Å². The topological polar surface area (TPSA) is 84.9 Å². The third-order valence-corrected chi connectivity index (χ3v) is 3.92. The Morgan fingerprint density at radius 3 is 2.62 bits per heavy atom. The van der Waals surface area contributed by atoms with Gasteiger partial charge in [-0.15, -0.1) is 0 Å². The maximum absolute atomic E-state index is 12.4. The minimum atomic E-state index is -0.443. The zero-order valence-electron chi connectivity index (χ0n) is 14.4. The van der Waals surface area contributed by atoms with Crippen molar-refractivity contribution in [2.75, 3.05) is 30.4 Å². The molecule has 0 unspecified atom stereocenters. The quantitative estimate of drug-likeness (QED) is 0.669. The first-order valence-electron chi connectivity index (χ1n) is 8.01. The molecule has 2 aromatic carbocycles. The number of fused-ring (bicyclic) bond motifs is 1. The summed E-state index contributed by atoms with van der Waals surface area (Å²) in [6.45, 7) is 1.94. The SMILES string of the molecule is COC(=O)c1ccc(NC(=O)CN2CC(=O)Oc3ccc(C)cc32)cc1. The van der Waals surface area contributed by atoms with E-state index in [-0.39, 0.29) is 19.0 Å². The van der Waals surface area contributed by atoms with Gasteiger partial charge in [-0.2, -0.15) is 0 Å². The maximum atomic E-state index is 12.4. The predicted octanol–water partition coefficient (Wildman–Crippen LogP) is 2.15. The average Bonchev–Trinajstić information content (AvgIpc) is 2.62. The third kappa shape index (κ3) is 3.83. The van der Waals surface area contributed by atoms with Crippen molar-refractivity contribution in [2.24, 2.45) is 0 Å². The van der Waals surface area contributed by atoms with Gasteiger partial charge in [0.05, 0.1) is 24.9 Å². The van der Waals surface area contributed by atoms with E-state index in [2.05, 4.69) is 10.1 Å². The predicted molar refractivity (Wildman–Crippen MR) is 95.4 cm³/mol. The zero-order valence-corrected chi connectivity index (χ0v) is 14.4. The summed E-state index contributed by atoms with van der Waals surface area (Å²) in [5.74, 6) is -0.682. The minimum Gasteiger partial charge on any atom is -0.465 e. The van der Waals surface area contributed by atoms with Crippen molar-refractivity contribution in [1.29, 1.82) is 0 Å². The number of carbonyl (C=O) groups excluding carboxylic acids is 3. The first-order valence-corrected chi connectivity index (χ1v) is 8.01. The van der Waals surface area contributed by atoms with E-state index in [4.69, 9.17) is 4.74 Å².